The van der Waals surface area contributed by atoms with Crippen LogP contribution in [0.25, 0.3) is 0 Å². The topological polar surface area (TPSA) is 78.9 Å². The number of carbonyl (C=O) groups excluding carboxylic acids is 1. The number of hydrogen-bond donors (Lipinski definition) is 2. The maximum atomic E-state index is 12.2. The second kappa shape index (κ2) is 5.60. The van der Waals surface area contributed by atoms with Gasteiger partial charge in [-0.1, -0.05) is 6.42 Å². The van der Waals surface area contributed by atoms with Gasteiger partial charge in [0.2, 0.25) is 0 Å². The Labute approximate surface area is 118 Å². The summed E-state index contributed by atoms with van der Waals surface area (Å²) >= 11 is 0. The maximum absolute atomic E-state index is 12.2. The Hall–Kier alpha value is -1.30. The van der Waals surface area contributed by atoms with Crippen molar-refractivity contribution >= 4 is 12.0 Å². The molecule has 6 nitrogen and oxygen atoms in total. The fourth-order valence-electron chi connectivity index (χ4n) is 4.00. The highest BCUT2D eigenvalue weighted by atomic mass is 16.5. The van der Waals surface area contributed by atoms with E-state index in [9.17, 15) is 9.59 Å². The smallest absolute Gasteiger partial charge is 0.328 e. The molecule has 1 saturated heterocycles. The summed E-state index contributed by atoms with van der Waals surface area (Å²) < 4.78 is 5.14. The normalized spacial score (nSPS) is 36.1. The van der Waals surface area contributed by atoms with Crippen LogP contribution < -0.4 is 5.32 Å². The van der Waals surface area contributed by atoms with E-state index in [1.807, 2.05) is 0 Å². The molecule has 2 saturated carbocycles. The number of ether oxygens (including phenoxy) is 1. The molecule has 0 aromatic heterocycles. The number of fused-ring (bicyclic) bond motifs is 2. The third-order valence-corrected chi connectivity index (χ3v) is 5.07. The van der Waals surface area contributed by atoms with Crippen molar-refractivity contribution in [2.75, 3.05) is 26.3 Å². The number of carbonyl (C=O) groups is 2. The van der Waals surface area contributed by atoms with Gasteiger partial charge < -0.3 is 20.1 Å². The number of carboxylic acid groups (broad SMARTS) is 1. The summed E-state index contributed by atoms with van der Waals surface area (Å²) in [5.41, 5.74) is 0. The molecule has 112 valence electrons. The lowest BCUT2D eigenvalue weighted by Gasteiger charge is -2.33. The summed E-state index contributed by atoms with van der Waals surface area (Å²) in [5.74, 6) is 1.21. The van der Waals surface area contributed by atoms with Crippen molar-refractivity contribution in [3.05, 3.63) is 0 Å². The molecule has 3 rings (SSSR count). The Bertz CT molecular complexity index is 401. The monoisotopic (exact) mass is 282 g/mol. The van der Waals surface area contributed by atoms with Crippen LogP contribution in [0.2, 0.25) is 0 Å². The van der Waals surface area contributed by atoms with Crippen molar-refractivity contribution in [3.8, 4) is 0 Å². The molecule has 4 atom stereocenters. The number of urea groups is 1. The quantitative estimate of drug-likeness (QED) is 0.806. The van der Waals surface area contributed by atoms with E-state index in [0.717, 1.165) is 11.8 Å². The molecule has 4 unspecified atom stereocenters. The van der Waals surface area contributed by atoms with Crippen molar-refractivity contribution in [2.45, 2.75) is 31.7 Å². The van der Waals surface area contributed by atoms with E-state index in [1.54, 1.807) is 0 Å². The average Bonchev–Trinajstić information content (AvgIpc) is 3.07. The van der Waals surface area contributed by atoms with E-state index in [1.165, 1.54) is 30.6 Å². The fourth-order valence-corrected chi connectivity index (χ4v) is 4.00. The molecule has 1 heterocycles. The Kier molecular flexibility index (Phi) is 3.83. The summed E-state index contributed by atoms with van der Waals surface area (Å²) in [5, 5.41) is 12.1. The highest BCUT2D eigenvalue weighted by Crippen LogP contribution is 2.47. The molecule has 0 aromatic carbocycles. The Morgan fingerprint density at radius 3 is 2.80 bits per heavy atom. The van der Waals surface area contributed by atoms with Crippen LogP contribution >= 0.6 is 0 Å². The van der Waals surface area contributed by atoms with Gasteiger partial charge in [-0.05, 0) is 37.0 Å². The molecule has 0 spiro atoms. The zero-order valence-electron chi connectivity index (χ0n) is 11.6. The molecule has 2 bridgehead atoms. The second-order valence-corrected chi connectivity index (χ2v) is 6.24. The number of nitrogens with one attached hydrogen (secondary N) is 1. The zero-order valence-corrected chi connectivity index (χ0v) is 11.6. The predicted molar refractivity (Wildman–Crippen MR) is 71.3 cm³/mol. The van der Waals surface area contributed by atoms with Crippen LogP contribution in [-0.4, -0.2) is 54.4 Å². The van der Waals surface area contributed by atoms with Crippen LogP contribution in [-0.2, 0) is 9.53 Å². The van der Waals surface area contributed by atoms with Crippen LogP contribution in [0.4, 0.5) is 4.79 Å². The van der Waals surface area contributed by atoms with Gasteiger partial charge in [0, 0.05) is 13.1 Å². The molecular formula is C14H22N2O4. The van der Waals surface area contributed by atoms with Crippen molar-refractivity contribution in [1.29, 1.82) is 0 Å². The van der Waals surface area contributed by atoms with Gasteiger partial charge in [0.25, 0.3) is 0 Å². The Morgan fingerprint density at radius 2 is 2.15 bits per heavy atom. The van der Waals surface area contributed by atoms with Crippen molar-refractivity contribution in [1.82, 2.24) is 10.2 Å². The summed E-state index contributed by atoms with van der Waals surface area (Å²) in [4.78, 5) is 24.7. The first kappa shape index (κ1) is 13.7. The first-order chi connectivity index (χ1) is 9.65. The van der Waals surface area contributed by atoms with Gasteiger partial charge in [-0.2, -0.15) is 0 Å². The number of aliphatic carboxylic acids is 1. The molecule has 6 heteroatoms. The largest absolute Gasteiger partial charge is 0.480 e. The molecule has 0 aromatic rings. The number of hydrogen-bond acceptors (Lipinski definition) is 3. The molecule has 2 N–H and O–H groups in total. The first-order valence-electron chi connectivity index (χ1n) is 7.50. The molecule has 20 heavy (non-hydrogen) atoms. The third-order valence-electron chi connectivity index (χ3n) is 5.07. The highest BCUT2D eigenvalue weighted by molar-refractivity contribution is 5.83. The summed E-state index contributed by atoms with van der Waals surface area (Å²) in [7, 11) is 0. The van der Waals surface area contributed by atoms with Crippen LogP contribution in [0.15, 0.2) is 0 Å². The van der Waals surface area contributed by atoms with E-state index in [-0.39, 0.29) is 12.6 Å². The molecule has 2 amide bonds. The number of rotatable bonds is 3. The van der Waals surface area contributed by atoms with Crippen molar-refractivity contribution in [2.24, 2.45) is 17.8 Å². The van der Waals surface area contributed by atoms with Gasteiger partial charge in [0.15, 0.2) is 6.04 Å². The second-order valence-electron chi connectivity index (χ2n) is 6.24. The third kappa shape index (κ3) is 2.61. The molecular weight excluding hydrogens is 260 g/mol. The lowest BCUT2D eigenvalue weighted by molar-refractivity contribution is -0.147. The SMILES string of the molecule is O=C(O)C1COCCN1C(=O)NCC1CC2CCC1C2. The highest BCUT2D eigenvalue weighted by Gasteiger charge is 2.40. The zero-order chi connectivity index (χ0) is 14.1. The fraction of sp³-hybridized carbons (Fsp3) is 0.857. The van der Waals surface area contributed by atoms with Crippen LogP contribution in [0.3, 0.4) is 0 Å². The molecule has 3 aliphatic rings. The molecule has 1 aliphatic heterocycles. The summed E-state index contributed by atoms with van der Waals surface area (Å²) in [6, 6.07) is -1.12. The molecule has 0 radical (unpaired) electrons. The van der Waals surface area contributed by atoms with Crippen LogP contribution in [0, 0.1) is 17.8 Å². The summed E-state index contributed by atoms with van der Waals surface area (Å²) in [6.45, 7) is 1.52. The predicted octanol–water partition coefficient (Wildman–Crippen LogP) is 0.918. The van der Waals surface area contributed by atoms with E-state index >= 15 is 0 Å². The van der Waals surface area contributed by atoms with E-state index < -0.39 is 12.0 Å². The first-order valence-corrected chi connectivity index (χ1v) is 7.50. The minimum Gasteiger partial charge on any atom is -0.480 e. The Balaban J connectivity index is 1.51. The van der Waals surface area contributed by atoms with Crippen LogP contribution in [0.1, 0.15) is 25.7 Å². The number of morpholine rings is 1. The Morgan fingerprint density at radius 1 is 1.30 bits per heavy atom. The van der Waals surface area contributed by atoms with Gasteiger partial charge in [-0.3, -0.25) is 0 Å². The minimum atomic E-state index is -1.00. The molecule has 3 fully saturated rings. The van der Waals surface area contributed by atoms with Gasteiger partial charge in [-0.25, -0.2) is 9.59 Å². The maximum Gasteiger partial charge on any atom is 0.328 e. The lowest BCUT2D eigenvalue weighted by Crippen LogP contribution is -2.56. The van der Waals surface area contributed by atoms with Gasteiger partial charge >= 0.3 is 12.0 Å². The number of nitrogens with zero attached hydrogens (tertiary/aromatic N) is 1. The van der Waals surface area contributed by atoms with E-state index in [0.29, 0.717) is 25.6 Å². The van der Waals surface area contributed by atoms with E-state index in [2.05, 4.69) is 5.32 Å². The minimum absolute atomic E-state index is 0.0802. The lowest BCUT2D eigenvalue weighted by atomic mass is 9.89. The van der Waals surface area contributed by atoms with Gasteiger partial charge in [-0.15, -0.1) is 0 Å². The van der Waals surface area contributed by atoms with Crippen molar-refractivity contribution in [3.63, 3.8) is 0 Å². The molecule has 2 aliphatic carbocycles. The number of amides is 2. The van der Waals surface area contributed by atoms with Crippen LogP contribution in [0.5, 0.6) is 0 Å². The standard InChI is InChI=1S/C14H22N2O4/c17-13(18)12-8-20-4-3-16(12)14(19)15-7-11-6-9-1-2-10(11)5-9/h9-12H,1-8H2,(H,15,19)(H,17,18). The van der Waals surface area contributed by atoms with Gasteiger partial charge in [0.05, 0.1) is 13.2 Å². The van der Waals surface area contributed by atoms with Gasteiger partial charge in [0.1, 0.15) is 0 Å². The summed E-state index contributed by atoms with van der Waals surface area (Å²) in [6.07, 6.45) is 5.17. The van der Waals surface area contributed by atoms with E-state index in [4.69, 9.17) is 9.84 Å². The van der Waals surface area contributed by atoms with Crippen molar-refractivity contribution < 1.29 is 19.4 Å². The number of carboxylic acids is 1. The average molecular weight is 282 g/mol.